The third kappa shape index (κ3) is 13.4. The van der Waals surface area contributed by atoms with E-state index in [0.717, 1.165) is 65.9 Å². The molecule has 0 aromatic heterocycles. The number of carbonyl (C=O) groups excluding carboxylic acids is 1. The van der Waals surface area contributed by atoms with Gasteiger partial charge in [-0.2, -0.15) is 0 Å². The molecule has 256 valence electrons. The number of rotatable bonds is 20. The summed E-state index contributed by atoms with van der Waals surface area (Å²) in [5.41, 5.74) is 4.20. The van der Waals surface area contributed by atoms with E-state index in [1.54, 1.807) is 7.11 Å². The molecule has 0 atom stereocenters. The molecule has 1 fully saturated rings. The molecule has 1 saturated heterocycles. The van der Waals surface area contributed by atoms with Gasteiger partial charge in [0, 0.05) is 18.7 Å². The Labute approximate surface area is 285 Å². The number of nitrogens with one attached hydrogen (secondary N) is 1. The highest BCUT2D eigenvalue weighted by Crippen LogP contribution is 2.28. The second-order valence-electron chi connectivity index (χ2n) is 14.0. The number of unbranched alkanes of at least 4 members (excludes halogenated alkanes) is 8. The van der Waals surface area contributed by atoms with Gasteiger partial charge in [0.1, 0.15) is 11.9 Å². The number of piperidine rings is 1. The van der Waals surface area contributed by atoms with Crippen molar-refractivity contribution < 1.29 is 18.8 Å². The van der Waals surface area contributed by atoms with Crippen molar-refractivity contribution in [3.8, 4) is 16.9 Å². The smallest absolute Gasteiger partial charge is 0.411 e. The van der Waals surface area contributed by atoms with Crippen LogP contribution in [0, 0.1) is 0 Å². The lowest BCUT2D eigenvalue weighted by molar-refractivity contribution is -0.890. The van der Waals surface area contributed by atoms with E-state index >= 15 is 0 Å². The van der Waals surface area contributed by atoms with E-state index in [4.69, 9.17) is 9.47 Å². The fourth-order valence-electron chi connectivity index (χ4n) is 6.82. The van der Waals surface area contributed by atoms with Crippen LogP contribution in [0.3, 0.4) is 0 Å². The number of para-hydroxylation sites is 2. The van der Waals surface area contributed by atoms with E-state index in [-0.39, 0.29) is 12.2 Å². The first-order chi connectivity index (χ1) is 22.9. The summed E-state index contributed by atoms with van der Waals surface area (Å²) < 4.78 is 12.4. The Morgan fingerprint density at radius 2 is 1.34 bits per heavy atom. The van der Waals surface area contributed by atoms with E-state index in [2.05, 4.69) is 54.6 Å². The van der Waals surface area contributed by atoms with Crippen LogP contribution in [0.5, 0.6) is 5.75 Å². The SMILES string of the molecule is COc1ccccc1CCCCCCCC[N+](C)(C)CCCCCCN1CCC(OC(=O)Nc2ccccc2-c2ccccc2)CC1. The minimum atomic E-state index is -0.357. The molecule has 0 unspecified atom stereocenters. The molecule has 4 rings (SSSR count). The molecule has 47 heavy (non-hydrogen) atoms. The Morgan fingerprint density at radius 1 is 0.745 bits per heavy atom. The average molecular weight is 643 g/mol. The minimum absolute atomic E-state index is 0.0144. The van der Waals surface area contributed by atoms with Crippen molar-refractivity contribution in [1.29, 1.82) is 0 Å². The van der Waals surface area contributed by atoms with Crippen molar-refractivity contribution >= 4 is 11.8 Å². The van der Waals surface area contributed by atoms with E-state index < -0.39 is 0 Å². The van der Waals surface area contributed by atoms with Gasteiger partial charge in [-0.15, -0.1) is 0 Å². The number of aryl methyl sites for hydroxylation is 1. The lowest BCUT2D eigenvalue weighted by Gasteiger charge is -2.31. The number of amides is 1. The van der Waals surface area contributed by atoms with E-state index in [0.29, 0.717) is 0 Å². The van der Waals surface area contributed by atoms with Crippen LogP contribution in [-0.4, -0.2) is 75.5 Å². The summed E-state index contributed by atoms with van der Waals surface area (Å²) >= 11 is 0. The van der Waals surface area contributed by atoms with Crippen molar-refractivity contribution in [2.24, 2.45) is 0 Å². The van der Waals surface area contributed by atoms with E-state index in [1.807, 2.05) is 48.5 Å². The van der Waals surface area contributed by atoms with Crippen LogP contribution in [0.4, 0.5) is 10.5 Å². The lowest BCUT2D eigenvalue weighted by atomic mass is 10.0. The van der Waals surface area contributed by atoms with Gasteiger partial charge in [-0.25, -0.2) is 4.79 Å². The molecule has 1 N–H and O–H groups in total. The Morgan fingerprint density at radius 3 is 2.06 bits per heavy atom. The first-order valence-electron chi connectivity index (χ1n) is 18.2. The summed E-state index contributed by atoms with van der Waals surface area (Å²) in [6, 6.07) is 26.4. The summed E-state index contributed by atoms with van der Waals surface area (Å²) in [7, 11) is 6.57. The van der Waals surface area contributed by atoms with Gasteiger partial charge >= 0.3 is 6.09 Å². The molecule has 1 heterocycles. The Balaban J connectivity index is 0.980. The molecule has 1 aliphatic heterocycles. The third-order valence-corrected chi connectivity index (χ3v) is 9.70. The number of benzene rings is 3. The van der Waals surface area contributed by atoms with Crippen LogP contribution < -0.4 is 10.1 Å². The molecule has 1 aliphatic rings. The number of hydrogen-bond donors (Lipinski definition) is 1. The molecule has 0 bridgehead atoms. The lowest BCUT2D eigenvalue weighted by Crippen LogP contribution is -2.41. The largest absolute Gasteiger partial charge is 0.496 e. The molecule has 0 radical (unpaired) electrons. The summed E-state index contributed by atoms with van der Waals surface area (Å²) in [6.45, 7) is 5.73. The second kappa shape index (κ2) is 20.1. The standard InChI is InChI=1S/C41H59N3O3/c1-44(2,33-19-8-5-4-6-11-23-36-24-14-17-27-40(36)46-3)34-20-9-7-18-30-43-31-28-37(29-32-43)47-41(45)42-39-26-16-15-25-38(39)35-21-12-10-13-22-35/h10,12-17,21-22,24-27,37H,4-9,11,18-20,23,28-34H2,1-3H3/p+1. The number of likely N-dealkylation sites (tertiary alicyclic amines) is 1. The normalized spacial score (nSPS) is 14.2. The molecule has 6 heteroatoms. The zero-order valence-electron chi connectivity index (χ0n) is 29.4. The second-order valence-corrected chi connectivity index (χ2v) is 14.0. The fourth-order valence-corrected chi connectivity index (χ4v) is 6.82. The zero-order valence-corrected chi connectivity index (χ0v) is 29.4. The van der Waals surface area contributed by atoms with Gasteiger partial charge in [-0.3, -0.25) is 5.32 Å². The summed E-state index contributed by atoms with van der Waals surface area (Å²) in [4.78, 5) is 15.3. The van der Waals surface area contributed by atoms with Crippen LogP contribution >= 0.6 is 0 Å². The number of ether oxygens (including phenoxy) is 2. The molecule has 0 aliphatic carbocycles. The number of methoxy groups -OCH3 is 1. The highest BCUT2D eigenvalue weighted by molar-refractivity contribution is 5.91. The molecular weight excluding hydrogens is 582 g/mol. The van der Waals surface area contributed by atoms with Gasteiger partial charge in [-0.1, -0.05) is 92.4 Å². The first kappa shape index (κ1) is 36.5. The van der Waals surface area contributed by atoms with E-state index in [1.165, 1.54) is 82.9 Å². The molecule has 0 saturated carbocycles. The molecule has 0 spiro atoms. The van der Waals surface area contributed by atoms with Crippen LogP contribution in [0.25, 0.3) is 11.1 Å². The summed E-state index contributed by atoms with van der Waals surface area (Å²) in [6.07, 6.45) is 15.7. The highest BCUT2D eigenvalue weighted by atomic mass is 16.6. The van der Waals surface area contributed by atoms with Crippen LogP contribution in [0.1, 0.15) is 82.6 Å². The van der Waals surface area contributed by atoms with Crippen LogP contribution in [0.2, 0.25) is 0 Å². The van der Waals surface area contributed by atoms with Crippen molar-refractivity contribution in [2.45, 2.75) is 89.6 Å². The number of carbonyl (C=O) groups is 1. The van der Waals surface area contributed by atoms with Crippen molar-refractivity contribution in [3.05, 3.63) is 84.4 Å². The quantitative estimate of drug-likeness (QED) is 0.0985. The van der Waals surface area contributed by atoms with Gasteiger partial charge in [0.15, 0.2) is 0 Å². The predicted octanol–water partition coefficient (Wildman–Crippen LogP) is 9.60. The minimum Gasteiger partial charge on any atom is -0.496 e. The maximum absolute atomic E-state index is 12.7. The van der Waals surface area contributed by atoms with Gasteiger partial charge in [0.2, 0.25) is 0 Å². The fraction of sp³-hybridized carbons (Fsp3) is 0.537. The third-order valence-electron chi connectivity index (χ3n) is 9.70. The first-order valence-corrected chi connectivity index (χ1v) is 18.2. The van der Waals surface area contributed by atoms with Crippen molar-refractivity contribution in [2.75, 3.05) is 59.2 Å². The van der Waals surface area contributed by atoms with Gasteiger partial charge in [-0.05, 0) is 87.6 Å². The number of anilines is 1. The molecular formula is C41H60N3O3+. The summed E-state index contributed by atoms with van der Waals surface area (Å²) in [5, 5.41) is 2.98. The number of hydrogen-bond acceptors (Lipinski definition) is 4. The molecule has 3 aromatic rings. The summed E-state index contributed by atoms with van der Waals surface area (Å²) in [5.74, 6) is 1.03. The Kier molecular flexibility index (Phi) is 15.6. The van der Waals surface area contributed by atoms with Crippen molar-refractivity contribution in [1.82, 2.24) is 4.90 Å². The monoisotopic (exact) mass is 642 g/mol. The van der Waals surface area contributed by atoms with E-state index in [9.17, 15) is 4.79 Å². The van der Waals surface area contributed by atoms with Gasteiger partial charge in [0.05, 0.1) is 40.0 Å². The van der Waals surface area contributed by atoms with Crippen molar-refractivity contribution in [3.63, 3.8) is 0 Å². The number of quaternary nitrogens is 1. The topological polar surface area (TPSA) is 50.8 Å². The van der Waals surface area contributed by atoms with Gasteiger partial charge in [0.25, 0.3) is 0 Å². The Hall–Kier alpha value is -3.35. The molecule has 6 nitrogen and oxygen atoms in total. The Bertz CT molecular complexity index is 1300. The predicted molar refractivity (Wildman–Crippen MR) is 196 cm³/mol. The van der Waals surface area contributed by atoms with Gasteiger partial charge < -0.3 is 18.9 Å². The maximum atomic E-state index is 12.7. The molecule has 1 amide bonds. The zero-order chi connectivity index (χ0) is 33.2. The number of nitrogens with zero attached hydrogens (tertiary/aromatic N) is 2. The maximum Gasteiger partial charge on any atom is 0.411 e. The van der Waals surface area contributed by atoms with Crippen LogP contribution in [0.15, 0.2) is 78.9 Å². The highest BCUT2D eigenvalue weighted by Gasteiger charge is 2.22. The van der Waals surface area contributed by atoms with Crippen LogP contribution in [-0.2, 0) is 11.2 Å². The average Bonchev–Trinajstić information content (AvgIpc) is 3.09. The molecule has 3 aromatic carbocycles.